The van der Waals surface area contributed by atoms with E-state index in [0.717, 1.165) is 63.0 Å². The van der Waals surface area contributed by atoms with E-state index in [4.69, 9.17) is 9.72 Å². The van der Waals surface area contributed by atoms with Crippen molar-refractivity contribution in [2.45, 2.75) is 52.6 Å². The third-order valence-electron chi connectivity index (χ3n) is 3.54. The van der Waals surface area contributed by atoms with Gasteiger partial charge in [0.05, 0.1) is 12.2 Å². The van der Waals surface area contributed by atoms with Gasteiger partial charge in [-0.05, 0) is 26.7 Å². The SMILES string of the molecule is CCCNc1cc(N2CCOC(C)(C)C2)nc(CCC)n1. The second kappa shape index (κ2) is 7.07. The average molecular weight is 292 g/mol. The van der Waals surface area contributed by atoms with E-state index < -0.39 is 0 Å². The normalized spacial score (nSPS) is 17.8. The maximum atomic E-state index is 5.79. The molecular weight excluding hydrogens is 264 g/mol. The molecule has 0 bridgehead atoms. The first kappa shape index (κ1) is 16.0. The predicted molar refractivity (Wildman–Crippen MR) is 87.1 cm³/mol. The maximum absolute atomic E-state index is 5.79. The summed E-state index contributed by atoms with van der Waals surface area (Å²) in [4.78, 5) is 11.7. The van der Waals surface area contributed by atoms with Gasteiger partial charge in [0.2, 0.25) is 0 Å². The van der Waals surface area contributed by atoms with E-state index >= 15 is 0 Å². The number of hydrogen-bond donors (Lipinski definition) is 1. The zero-order valence-corrected chi connectivity index (χ0v) is 13.8. The van der Waals surface area contributed by atoms with Crippen LogP contribution < -0.4 is 10.2 Å². The van der Waals surface area contributed by atoms with Gasteiger partial charge in [-0.3, -0.25) is 0 Å². The Morgan fingerprint density at radius 3 is 2.76 bits per heavy atom. The molecule has 0 aromatic carbocycles. The predicted octanol–water partition coefficient (Wildman–Crippen LogP) is 2.87. The van der Waals surface area contributed by atoms with E-state index in [2.05, 4.69) is 49.0 Å². The van der Waals surface area contributed by atoms with E-state index in [9.17, 15) is 0 Å². The van der Waals surface area contributed by atoms with Crippen LogP contribution in [0.4, 0.5) is 11.6 Å². The lowest BCUT2D eigenvalue weighted by Gasteiger charge is -2.38. The van der Waals surface area contributed by atoms with Gasteiger partial charge in [-0.2, -0.15) is 0 Å². The first-order chi connectivity index (χ1) is 10.0. The first-order valence-corrected chi connectivity index (χ1v) is 8.05. The summed E-state index contributed by atoms with van der Waals surface area (Å²) >= 11 is 0. The minimum Gasteiger partial charge on any atom is -0.372 e. The van der Waals surface area contributed by atoms with Gasteiger partial charge in [-0.25, -0.2) is 9.97 Å². The average Bonchev–Trinajstić information content (AvgIpc) is 2.44. The molecule has 5 heteroatoms. The molecule has 5 nitrogen and oxygen atoms in total. The molecule has 0 unspecified atom stereocenters. The number of anilines is 2. The van der Waals surface area contributed by atoms with Crippen molar-refractivity contribution in [3.05, 3.63) is 11.9 Å². The molecule has 0 amide bonds. The Kier molecular flexibility index (Phi) is 5.39. The highest BCUT2D eigenvalue weighted by molar-refractivity contribution is 5.50. The zero-order valence-electron chi connectivity index (χ0n) is 13.8. The van der Waals surface area contributed by atoms with E-state index in [1.165, 1.54) is 0 Å². The Bertz CT molecular complexity index is 462. The topological polar surface area (TPSA) is 50.3 Å². The van der Waals surface area contributed by atoms with E-state index in [0.29, 0.717) is 0 Å². The summed E-state index contributed by atoms with van der Waals surface area (Å²) in [6, 6.07) is 2.07. The highest BCUT2D eigenvalue weighted by atomic mass is 16.5. The molecular formula is C16H28N4O. The van der Waals surface area contributed by atoms with Crippen LogP contribution in [0.5, 0.6) is 0 Å². The van der Waals surface area contributed by atoms with Gasteiger partial charge in [0, 0.05) is 32.1 Å². The molecule has 1 saturated heterocycles. The summed E-state index contributed by atoms with van der Waals surface area (Å²) in [7, 11) is 0. The Hall–Kier alpha value is -1.36. The summed E-state index contributed by atoms with van der Waals surface area (Å²) in [5.74, 6) is 2.89. The Balaban J connectivity index is 2.21. The van der Waals surface area contributed by atoms with Crippen molar-refractivity contribution in [1.29, 1.82) is 0 Å². The number of aryl methyl sites for hydroxylation is 1. The van der Waals surface area contributed by atoms with Crippen LogP contribution in [0.1, 0.15) is 46.4 Å². The fourth-order valence-electron chi connectivity index (χ4n) is 2.54. The molecule has 0 aliphatic carbocycles. The van der Waals surface area contributed by atoms with Crippen molar-refractivity contribution in [3.63, 3.8) is 0 Å². The van der Waals surface area contributed by atoms with Gasteiger partial charge in [0.15, 0.2) is 0 Å². The standard InChI is InChI=1S/C16H28N4O/c1-5-7-13-18-14(17-8-6-2)11-15(19-13)20-9-10-21-16(3,4)12-20/h11H,5-10,12H2,1-4H3,(H,17,18,19). The number of nitrogens with zero attached hydrogens (tertiary/aromatic N) is 3. The lowest BCUT2D eigenvalue weighted by molar-refractivity contribution is -0.0279. The molecule has 1 aliphatic rings. The number of nitrogens with one attached hydrogen (secondary N) is 1. The molecule has 0 radical (unpaired) electrons. The molecule has 0 atom stereocenters. The van der Waals surface area contributed by atoms with Crippen molar-refractivity contribution in [3.8, 4) is 0 Å². The second-order valence-corrected chi connectivity index (χ2v) is 6.23. The largest absolute Gasteiger partial charge is 0.372 e. The number of aromatic nitrogens is 2. The zero-order chi connectivity index (χ0) is 15.3. The monoisotopic (exact) mass is 292 g/mol. The Morgan fingerprint density at radius 2 is 2.10 bits per heavy atom. The minimum atomic E-state index is -0.120. The third-order valence-corrected chi connectivity index (χ3v) is 3.54. The summed E-state index contributed by atoms with van der Waals surface area (Å²) in [6.45, 7) is 12.0. The lowest BCUT2D eigenvalue weighted by atomic mass is 10.1. The van der Waals surface area contributed by atoms with Crippen LogP contribution in [0.25, 0.3) is 0 Å². The fraction of sp³-hybridized carbons (Fsp3) is 0.750. The third kappa shape index (κ3) is 4.56. The fourth-order valence-corrected chi connectivity index (χ4v) is 2.54. The van der Waals surface area contributed by atoms with Gasteiger partial charge in [0.25, 0.3) is 0 Å². The van der Waals surface area contributed by atoms with Gasteiger partial charge in [-0.1, -0.05) is 13.8 Å². The highest BCUT2D eigenvalue weighted by Gasteiger charge is 2.28. The molecule has 0 spiro atoms. The van der Waals surface area contributed by atoms with Crippen LogP contribution in [0.2, 0.25) is 0 Å². The Labute approximate surface area is 128 Å². The van der Waals surface area contributed by atoms with Crippen molar-refractivity contribution in [2.24, 2.45) is 0 Å². The Morgan fingerprint density at radius 1 is 1.29 bits per heavy atom. The summed E-state index contributed by atoms with van der Waals surface area (Å²) in [5, 5.41) is 3.38. The second-order valence-electron chi connectivity index (χ2n) is 6.23. The molecule has 1 aromatic heterocycles. The van der Waals surface area contributed by atoms with Gasteiger partial charge in [0.1, 0.15) is 17.5 Å². The van der Waals surface area contributed by atoms with Crippen LogP contribution in [-0.2, 0) is 11.2 Å². The van der Waals surface area contributed by atoms with Gasteiger partial charge >= 0.3 is 0 Å². The summed E-state index contributed by atoms with van der Waals surface area (Å²) in [6.07, 6.45) is 3.07. The van der Waals surface area contributed by atoms with Crippen molar-refractivity contribution < 1.29 is 4.74 Å². The highest BCUT2D eigenvalue weighted by Crippen LogP contribution is 2.23. The first-order valence-electron chi connectivity index (χ1n) is 8.05. The maximum Gasteiger partial charge on any atom is 0.134 e. The molecule has 21 heavy (non-hydrogen) atoms. The summed E-state index contributed by atoms with van der Waals surface area (Å²) in [5.41, 5.74) is -0.120. The van der Waals surface area contributed by atoms with E-state index in [1.54, 1.807) is 0 Å². The minimum absolute atomic E-state index is 0.120. The van der Waals surface area contributed by atoms with Crippen molar-refractivity contribution in [2.75, 3.05) is 36.5 Å². The van der Waals surface area contributed by atoms with Gasteiger partial charge < -0.3 is 15.0 Å². The molecule has 0 saturated carbocycles. The molecule has 2 heterocycles. The van der Waals surface area contributed by atoms with Crippen molar-refractivity contribution >= 4 is 11.6 Å². The van der Waals surface area contributed by atoms with Crippen LogP contribution in [-0.4, -0.2) is 41.8 Å². The number of ether oxygens (including phenoxy) is 1. The number of morpholine rings is 1. The molecule has 1 fully saturated rings. The molecule has 1 N–H and O–H groups in total. The number of hydrogen-bond acceptors (Lipinski definition) is 5. The van der Waals surface area contributed by atoms with Crippen LogP contribution >= 0.6 is 0 Å². The van der Waals surface area contributed by atoms with E-state index in [1.807, 2.05) is 0 Å². The molecule has 2 rings (SSSR count). The van der Waals surface area contributed by atoms with Crippen molar-refractivity contribution in [1.82, 2.24) is 9.97 Å². The van der Waals surface area contributed by atoms with Crippen LogP contribution in [0.15, 0.2) is 6.07 Å². The molecule has 118 valence electrons. The molecule has 1 aromatic rings. The van der Waals surface area contributed by atoms with E-state index in [-0.39, 0.29) is 5.60 Å². The quantitative estimate of drug-likeness (QED) is 0.873. The lowest BCUT2D eigenvalue weighted by Crippen LogP contribution is -2.48. The van der Waals surface area contributed by atoms with Crippen LogP contribution in [0, 0.1) is 0 Å². The van der Waals surface area contributed by atoms with Crippen LogP contribution in [0.3, 0.4) is 0 Å². The number of rotatable bonds is 6. The van der Waals surface area contributed by atoms with Gasteiger partial charge in [-0.15, -0.1) is 0 Å². The molecule has 1 aliphatic heterocycles. The summed E-state index contributed by atoms with van der Waals surface area (Å²) < 4.78 is 5.79. The smallest absolute Gasteiger partial charge is 0.134 e.